The number of nitrogens with zero attached hydrogens (tertiary/aromatic N) is 1. The molecule has 0 aromatic carbocycles. The maximum atomic E-state index is 12.6. The maximum absolute atomic E-state index is 12.6. The number of halogens is 5. The molecule has 0 spiro atoms. The Balaban J connectivity index is 3.13. The summed E-state index contributed by atoms with van der Waals surface area (Å²) in [7, 11) is 0. The topological polar surface area (TPSA) is 48.1 Å². The van der Waals surface area contributed by atoms with Crippen LogP contribution in [-0.2, 0) is 0 Å². The summed E-state index contributed by atoms with van der Waals surface area (Å²) in [5.41, 5.74) is 3.74. The van der Waals surface area contributed by atoms with Gasteiger partial charge >= 0.3 is 6.36 Å². The molecule has 3 nitrogen and oxygen atoms in total. The van der Waals surface area contributed by atoms with Gasteiger partial charge in [0.05, 0.1) is 6.20 Å². The van der Waals surface area contributed by atoms with Gasteiger partial charge in [-0.05, 0) is 0 Å². The third kappa shape index (κ3) is 2.21. The Hall–Kier alpha value is -1.60. The van der Waals surface area contributed by atoms with Crippen LogP contribution in [0.1, 0.15) is 0 Å². The molecule has 0 aliphatic carbocycles. The van der Waals surface area contributed by atoms with E-state index >= 15 is 0 Å². The molecule has 0 radical (unpaired) electrons. The second-order valence-electron chi connectivity index (χ2n) is 2.19. The fourth-order valence-corrected chi connectivity index (χ4v) is 0.674. The number of aromatic nitrogens is 1. The largest absolute Gasteiger partial charge is 0.573 e. The molecule has 0 atom stereocenters. The summed E-state index contributed by atoms with van der Waals surface area (Å²) in [6.07, 6.45) is -4.79. The van der Waals surface area contributed by atoms with Crippen LogP contribution in [0.3, 0.4) is 0 Å². The van der Waals surface area contributed by atoms with Crippen molar-refractivity contribution >= 4 is 5.69 Å². The summed E-state index contributed by atoms with van der Waals surface area (Å²) < 4.78 is 63.2. The van der Waals surface area contributed by atoms with Crippen molar-refractivity contribution in [2.75, 3.05) is 5.73 Å². The molecule has 2 N–H and O–H groups in total. The van der Waals surface area contributed by atoms with Crippen molar-refractivity contribution in [1.29, 1.82) is 0 Å². The minimum absolute atomic E-state index is 0.355. The van der Waals surface area contributed by atoms with Crippen molar-refractivity contribution < 1.29 is 26.7 Å². The molecule has 1 aromatic heterocycles. The number of rotatable bonds is 1. The van der Waals surface area contributed by atoms with E-state index in [0.717, 1.165) is 0 Å². The van der Waals surface area contributed by atoms with Gasteiger partial charge < -0.3 is 10.5 Å². The zero-order chi connectivity index (χ0) is 10.9. The number of pyridine rings is 1. The lowest BCUT2D eigenvalue weighted by atomic mass is 10.3. The number of nitrogens with two attached hydrogens (primary N) is 1. The summed E-state index contributed by atoms with van der Waals surface area (Å²) in [5.74, 6) is -4.37. The lowest BCUT2D eigenvalue weighted by Crippen LogP contribution is -2.19. The normalized spacial score (nSPS) is 11.5. The molecule has 0 unspecified atom stereocenters. The monoisotopic (exact) mass is 214 g/mol. The fourth-order valence-electron chi connectivity index (χ4n) is 0.674. The molecule has 1 aromatic rings. The first-order chi connectivity index (χ1) is 6.31. The second-order valence-corrected chi connectivity index (χ2v) is 2.19. The molecule has 78 valence electrons. The Morgan fingerprint density at radius 1 is 1.29 bits per heavy atom. The van der Waals surface area contributed by atoms with Crippen LogP contribution in [0.2, 0.25) is 0 Å². The molecule has 0 saturated carbocycles. The Kier molecular flexibility index (Phi) is 2.45. The highest BCUT2D eigenvalue weighted by atomic mass is 19.4. The van der Waals surface area contributed by atoms with E-state index in [9.17, 15) is 22.0 Å². The molecular formula is C6H3F5N2O. The first kappa shape index (κ1) is 10.5. The highest BCUT2D eigenvalue weighted by Gasteiger charge is 2.34. The summed E-state index contributed by atoms with van der Waals surface area (Å²) in [5, 5.41) is 0. The van der Waals surface area contributed by atoms with Crippen LogP contribution >= 0.6 is 0 Å². The van der Waals surface area contributed by atoms with Gasteiger partial charge in [0.2, 0.25) is 5.75 Å². The molecule has 0 fully saturated rings. The highest BCUT2D eigenvalue weighted by molar-refractivity contribution is 5.52. The third-order valence-corrected chi connectivity index (χ3v) is 1.20. The average Bonchev–Trinajstić information content (AvgIpc) is 2.04. The van der Waals surface area contributed by atoms with Crippen molar-refractivity contribution in [3.05, 3.63) is 18.0 Å². The van der Waals surface area contributed by atoms with E-state index in [4.69, 9.17) is 5.73 Å². The molecule has 0 bridgehead atoms. The predicted molar refractivity (Wildman–Crippen MR) is 35.2 cm³/mol. The quantitative estimate of drug-likeness (QED) is 0.573. The van der Waals surface area contributed by atoms with E-state index in [1.165, 1.54) is 0 Å². The second kappa shape index (κ2) is 3.28. The lowest BCUT2D eigenvalue weighted by Gasteiger charge is -2.10. The maximum Gasteiger partial charge on any atom is 0.573 e. The Bertz CT molecular complexity index is 351. The van der Waals surface area contributed by atoms with Crippen molar-refractivity contribution in [1.82, 2.24) is 4.98 Å². The molecule has 8 heteroatoms. The summed E-state index contributed by atoms with van der Waals surface area (Å²) in [6.45, 7) is 0. The van der Waals surface area contributed by atoms with Crippen molar-refractivity contribution in [3.8, 4) is 5.75 Å². The number of hydrogen-bond donors (Lipinski definition) is 1. The average molecular weight is 214 g/mol. The number of anilines is 1. The van der Waals surface area contributed by atoms with Gasteiger partial charge in [0.1, 0.15) is 5.69 Å². The molecule has 1 rings (SSSR count). The lowest BCUT2D eigenvalue weighted by molar-refractivity contribution is -0.275. The van der Waals surface area contributed by atoms with Gasteiger partial charge in [-0.1, -0.05) is 0 Å². The van der Waals surface area contributed by atoms with Gasteiger partial charge in [-0.2, -0.15) is 4.39 Å². The van der Waals surface area contributed by atoms with E-state index in [2.05, 4.69) is 9.72 Å². The van der Waals surface area contributed by atoms with E-state index in [1.54, 1.807) is 0 Å². The number of hydrogen-bond acceptors (Lipinski definition) is 3. The van der Waals surface area contributed by atoms with Crippen LogP contribution in [0, 0.1) is 11.8 Å². The summed E-state index contributed by atoms with van der Waals surface area (Å²) in [6, 6.07) is 0. The number of nitrogen functional groups attached to an aromatic ring is 1. The smallest absolute Gasteiger partial charge is 0.399 e. The van der Waals surface area contributed by atoms with E-state index < -0.39 is 29.6 Å². The molecule has 0 amide bonds. The molecule has 0 aliphatic rings. The number of ether oxygens (including phenoxy) is 1. The molecular weight excluding hydrogens is 211 g/mol. The van der Waals surface area contributed by atoms with Crippen LogP contribution in [0.5, 0.6) is 5.75 Å². The minimum Gasteiger partial charge on any atom is -0.399 e. The summed E-state index contributed by atoms with van der Waals surface area (Å²) in [4.78, 5) is 2.68. The van der Waals surface area contributed by atoms with Gasteiger partial charge in [0.15, 0.2) is 5.82 Å². The molecule has 1 heterocycles. The van der Waals surface area contributed by atoms with Gasteiger partial charge in [0, 0.05) is 0 Å². The third-order valence-electron chi connectivity index (χ3n) is 1.20. The first-order valence-corrected chi connectivity index (χ1v) is 3.16. The first-order valence-electron chi connectivity index (χ1n) is 3.16. The number of alkyl halides is 3. The van der Waals surface area contributed by atoms with Crippen molar-refractivity contribution in [2.45, 2.75) is 6.36 Å². The standard InChI is InChI=1S/C6H3F5N2O/c7-2-1-13-5(8)4(3(2)12)14-6(9,10)11/h1H,(H2,12,13). The van der Waals surface area contributed by atoms with Crippen molar-refractivity contribution in [3.63, 3.8) is 0 Å². The van der Waals surface area contributed by atoms with Gasteiger partial charge in [-0.15, -0.1) is 13.2 Å². The summed E-state index contributed by atoms with van der Waals surface area (Å²) >= 11 is 0. The Morgan fingerprint density at radius 2 is 1.86 bits per heavy atom. The SMILES string of the molecule is Nc1c(F)cnc(F)c1OC(F)(F)F. The van der Waals surface area contributed by atoms with Crippen LogP contribution in [0.4, 0.5) is 27.6 Å². The van der Waals surface area contributed by atoms with Crippen LogP contribution in [0.25, 0.3) is 0 Å². The highest BCUT2D eigenvalue weighted by Crippen LogP contribution is 2.31. The van der Waals surface area contributed by atoms with E-state index in [0.29, 0.717) is 6.20 Å². The van der Waals surface area contributed by atoms with Gasteiger partial charge in [-0.25, -0.2) is 9.37 Å². The molecule has 14 heavy (non-hydrogen) atoms. The van der Waals surface area contributed by atoms with Crippen molar-refractivity contribution in [2.24, 2.45) is 0 Å². The fraction of sp³-hybridized carbons (Fsp3) is 0.167. The van der Waals surface area contributed by atoms with E-state index in [-0.39, 0.29) is 0 Å². The van der Waals surface area contributed by atoms with E-state index in [1.807, 2.05) is 0 Å². The zero-order valence-electron chi connectivity index (χ0n) is 6.40. The van der Waals surface area contributed by atoms with Gasteiger partial charge in [0.25, 0.3) is 5.95 Å². The Morgan fingerprint density at radius 3 is 2.36 bits per heavy atom. The Labute approximate surface area is 74.3 Å². The zero-order valence-corrected chi connectivity index (χ0v) is 6.40. The molecule has 0 saturated heterocycles. The van der Waals surface area contributed by atoms with Crippen LogP contribution in [0.15, 0.2) is 6.20 Å². The molecule has 0 aliphatic heterocycles. The van der Waals surface area contributed by atoms with Crippen LogP contribution < -0.4 is 10.5 Å². The van der Waals surface area contributed by atoms with Crippen LogP contribution in [-0.4, -0.2) is 11.3 Å². The van der Waals surface area contributed by atoms with Gasteiger partial charge in [-0.3, -0.25) is 0 Å². The minimum atomic E-state index is -5.15. The predicted octanol–water partition coefficient (Wildman–Crippen LogP) is 1.84.